The highest BCUT2D eigenvalue weighted by Gasteiger charge is 2.14. The van der Waals surface area contributed by atoms with Crippen molar-refractivity contribution in [3.8, 4) is 17.0 Å². The number of amides is 1. The standard InChI is InChI=1S/C26H24N4O2/c31-24-11-5-4-10-21(24)14-16-28-25-22(26(32)29-18-19-7-6-15-27-17-19)12-13-23(30-25)20-8-2-1-3-9-20/h1-13,15,17,31H,14,16,18H2,(H,28,30)(H,29,32). The van der Waals surface area contributed by atoms with E-state index in [2.05, 4.69) is 15.6 Å². The molecule has 1 amide bonds. The average Bonchev–Trinajstić information content (AvgIpc) is 2.85. The number of para-hydroxylation sites is 1. The maximum Gasteiger partial charge on any atom is 0.255 e. The number of phenols is 1. The van der Waals surface area contributed by atoms with E-state index in [-0.39, 0.29) is 11.7 Å². The molecular formula is C26H24N4O2. The first kappa shape index (κ1) is 21.1. The number of rotatable bonds is 8. The van der Waals surface area contributed by atoms with Crippen molar-refractivity contribution in [1.82, 2.24) is 15.3 Å². The van der Waals surface area contributed by atoms with Gasteiger partial charge in [0, 0.05) is 31.0 Å². The molecule has 3 N–H and O–H groups in total. The predicted molar refractivity (Wildman–Crippen MR) is 125 cm³/mol. The summed E-state index contributed by atoms with van der Waals surface area (Å²) in [5.41, 5.74) is 3.97. The van der Waals surface area contributed by atoms with Crippen LogP contribution in [-0.2, 0) is 13.0 Å². The molecule has 2 aromatic heterocycles. The Balaban J connectivity index is 1.54. The fraction of sp³-hybridized carbons (Fsp3) is 0.115. The fourth-order valence-corrected chi connectivity index (χ4v) is 3.36. The maximum absolute atomic E-state index is 12.9. The van der Waals surface area contributed by atoms with Crippen molar-refractivity contribution < 1.29 is 9.90 Å². The molecule has 0 aliphatic heterocycles. The summed E-state index contributed by atoms with van der Waals surface area (Å²) < 4.78 is 0. The van der Waals surface area contributed by atoms with Gasteiger partial charge in [0.05, 0.1) is 11.3 Å². The second-order valence-corrected chi connectivity index (χ2v) is 7.31. The lowest BCUT2D eigenvalue weighted by Gasteiger charge is -2.14. The molecule has 160 valence electrons. The normalized spacial score (nSPS) is 10.5. The van der Waals surface area contributed by atoms with Crippen LogP contribution in [0.15, 0.2) is 91.3 Å². The van der Waals surface area contributed by atoms with E-state index in [4.69, 9.17) is 4.98 Å². The van der Waals surface area contributed by atoms with Crippen LogP contribution < -0.4 is 10.6 Å². The summed E-state index contributed by atoms with van der Waals surface area (Å²) in [6.45, 7) is 0.899. The van der Waals surface area contributed by atoms with Gasteiger partial charge < -0.3 is 15.7 Å². The summed E-state index contributed by atoms with van der Waals surface area (Å²) in [5, 5.41) is 16.2. The van der Waals surface area contributed by atoms with Crippen molar-refractivity contribution >= 4 is 11.7 Å². The van der Waals surface area contributed by atoms with Crippen LogP contribution in [0.2, 0.25) is 0 Å². The van der Waals surface area contributed by atoms with Crippen molar-refractivity contribution in [2.45, 2.75) is 13.0 Å². The van der Waals surface area contributed by atoms with Crippen LogP contribution in [0, 0.1) is 0 Å². The highest BCUT2D eigenvalue weighted by Crippen LogP contribution is 2.23. The topological polar surface area (TPSA) is 87.1 Å². The number of phenolic OH excluding ortho intramolecular Hbond substituents is 1. The molecule has 0 aliphatic rings. The number of hydrogen-bond donors (Lipinski definition) is 3. The Kier molecular flexibility index (Phi) is 6.72. The third-order valence-electron chi connectivity index (χ3n) is 5.06. The quantitative estimate of drug-likeness (QED) is 0.389. The Bertz CT molecular complexity index is 1180. The van der Waals surface area contributed by atoms with Gasteiger partial charge in [0.15, 0.2) is 0 Å². The van der Waals surface area contributed by atoms with Gasteiger partial charge in [-0.15, -0.1) is 0 Å². The van der Waals surface area contributed by atoms with Crippen LogP contribution in [0.1, 0.15) is 21.5 Å². The zero-order valence-corrected chi connectivity index (χ0v) is 17.5. The second kappa shape index (κ2) is 10.2. The Labute approximate surface area is 187 Å². The number of nitrogens with one attached hydrogen (secondary N) is 2. The second-order valence-electron chi connectivity index (χ2n) is 7.31. The Morgan fingerprint density at radius 1 is 0.906 bits per heavy atom. The smallest absolute Gasteiger partial charge is 0.255 e. The van der Waals surface area contributed by atoms with Gasteiger partial charge in [0.25, 0.3) is 5.91 Å². The van der Waals surface area contributed by atoms with Gasteiger partial charge in [-0.05, 0) is 41.8 Å². The number of pyridine rings is 2. The molecule has 32 heavy (non-hydrogen) atoms. The lowest BCUT2D eigenvalue weighted by Crippen LogP contribution is -2.24. The fourth-order valence-electron chi connectivity index (χ4n) is 3.36. The molecule has 0 saturated heterocycles. The summed E-state index contributed by atoms with van der Waals surface area (Å²) in [4.78, 5) is 21.7. The molecule has 0 aliphatic carbocycles. The molecule has 0 unspecified atom stereocenters. The van der Waals surface area contributed by atoms with Gasteiger partial charge in [-0.3, -0.25) is 9.78 Å². The predicted octanol–water partition coefficient (Wildman–Crippen LogP) is 4.43. The lowest BCUT2D eigenvalue weighted by molar-refractivity contribution is 0.0951. The van der Waals surface area contributed by atoms with E-state index >= 15 is 0 Å². The van der Waals surface area contributed by atoms with Gasteiger partial charge in [-0.1, -0.05) is 54.6 Å². The van der Waals surface area contributed by atoms with Crippen LogP contribution >= 0.6 is 0 Å². The Hall–Kier alpha value is -4.19. The summed E-state index contributed by atoms with van der Waals surface area (Å²) in [6.07, 6.45) is 4.02. The van der Waals surface area contributed by atoms with Crippen LogP contribution in [-0.4, -0.2) is 27.5 Å². The first-order valence-electron chi connectivity index (χ1n) is 10.4. The zero-order valence-electron chi connectivity index (χ0n) is 17.5. The van der Waals surface area contributed by atoms with Crippen molar-refractivity contribution in [2.75, 3.05) is 11.9 Å². The van der Waals surface area contributed by atoms with Gasteiger partial charge >= 0.3 is 0 Å². The van der Waals surface area contributed by atoms with E-state index in [0.717, 1.165) is 22.4 Å². The van der Waals surface area contributed by atoms with Crippen LogP contribution in [0.25, 0.3) is 11.3 Å². The summed E-state index contributed by atoms with van der Waals surface area (Å²) in [7, 11) is 0. The molecular weight excluding hydrogens is 400 g/mol. The first-order valence-corrected chi connectivity index (χ1v) is 10.4. The van der Waals surface area contributed by atoms with E-state index in [1.165, 1.54) is 0 Å². The van der Waals surface area contributed by atoms with E-state index in [0.29, 0.717) is 30.9 Å². The van der Waals surface area contributed by atoms with E-state index in [1.807, 2.05) is 60.7 Å². The van der Waals surface area contributed by atoms with E-state index in [9.17, 15) is 9.90 Å². The van der Waals surface area contributed by atoms with Gasteiger partial charge in [0.2, 0.25) is 0 Å². The number of nitrogens with zero attached hydrogens (tertiary/aromatic N) is 2. The molecule has 0 spiro atoms. The molecule has 2 heterocycles. The molecule has 0 fully saturated rings. The van der Waals surface area contributed by atoms with Crippen LogP contribution in [0.3, 0.4) is 0 Å². The number of carbonyl (C=O) groups is 1. The van der Waals surface area contributed by atoms with Gasteiger partial charge in [0.1, 0.15) is 11.6 Å². The van der Waals surface area contributed by atoms with Crippen molar-refractivity contribution in [3.05, 3.63) is 108 Å². The monoisotopic (exact) mass is 424 g/mol. The number of benzene rings is 2. The molecule has 4 rings (SSSR count). The first-order chi connectivity index (χ1) is 15.7. The highest BCUT2D eigenvalue weighted by molar-refractivity contribution is 5.99. The minimum absolute atomic E-state index is 0.217. The summed E-state index contributed by atoms with van der Waals surface area (Å²) >= 11 is 0. The molecule has 6 nitrogen and oxygen atoms in total. The number of carbonyl (C=O) groups excluding carboxylic acids is 1. The Morgan fingerprint density at radius 3 is 2.50 bits per heavy atom. The number of hydrogen-bond acceptors (Lipinski definition) is 5. The van der Waals surface area contributed by atoms with E-state index < -0.39 is 0 Å². The van der Waals surface area contributed by atoms with Crippen molar-refractivity contribution in [3.63, 3.8) is 0 Å². The molecule has 0 bridgehead atoms. The molecule has 6 heteroatoms. The van der Waals surface area contributed by atoms with Crippen LogP contribution in [0.5, 0.6) is 5.75 Å². The number of aromatic nitrogens is 2. The SMILES string of the molecule is O=C(NCc1cccnc1)c1ccc(-c2ccccc2)nc1NCCc1ccccc1O. The van der Waals surface area contributed by atoms with Crippen molar-refractivity contribution in [2.24, 2.45) is 0 Å². The molecule has 2 aromatic carbocycles. The average molecular weight is 425 g/mol. The lowest BCUT2D eigenvalue weighted by atomic mass is 10.1. The summed E-state index contributed by atoms with van der Waals surface area (Å²) in [5.74, 6) is 0.547. The Morgan fingerprint density at radius 2 is 1.72 bits per heavy atom. The zero-order chi connectivity index (χ0) is 22.2. The van der Waals surface area contributed by atoms with Gasteiger partial charge in [-0.2, -0.15) is 0 Å². The third kappa shape index (κ3) is 5.29. The molecule has 0 saturated carbocycles. The maximum atomic E-state index is 12.9. The van der Waals surface area contributed by atoms with Crippen molar-refractivity contribution in [1.29, 1.82) is 0 Å². The van der Waals surface area contributed by atoms with Gasteiger partial charge in [-0.25, -0.2) is 4.98 Å². The summed E-state index contributed by atoms with van der Waals surface area (Å²) in [6, 6.07) is 24.4. The highest BCUT2D eigenvalue weighted by atomic mass is 16.3. The number of aromatic hydroxyl groups is 1. The van der Waals surface area contributed by atoms with E-state index in [1.54, 1.807) is 30.6 Å². The molecule has 4 aromatic rings. The number of anilines is 1. The third-order valence-corrected chi connectivity index (χ3v) is 5.06. The minimum atomic E-state index is -0.217. The molecule has 0 radical (unpaired) electrons. The minimum Gasteiger partial charge on any atom is -0.508 e. The molecule has 0 atom stereocenters. The van der Waals surface area contributed by atoms with Crippen LogP contribution in [0.4, 0.5) is 5.82 Å². The largest absolute Gasteiger partial charge is 0.508 e.